The standard InChI is InChI=1S/C23H25N3O3S/c1-15(2)13-26-22(28)20(30-23(26)25-18-8-4-16(3)5-9-18)12-17-6-10-19(11-7-17)29-14-21(24)27/h4-12,15H,13-14H2,1-3H3,(H2,24,27)/b20-12+,25-23?. The summed E-state index contributed by atoms with van der Waals surface area (Å²) in [6.07, 6.45) is 1.84. The third kappa shape index (κ3) is 5.73. The number of hydrogen-bond acceptors (Lipinski definition) is 5. The monoisotopic (exact) mass is 423 g/mol. The van der Waals surface area contributed by atoms with E-state index >= 15 is 0 Å². The quantitative estimate of drug-likeness (QED) is 0.679. The molecule has 0 aromatic heterocycles. The third-order valence-corrected chi connectivity index (χ3v) is 5.26. The average Bonchev–Trinajstić information content (AvgIpc) is 2.97. The van der Waals surface area contributed by atoms with Crippen LogP contribution < -0.4 is 10.5 Å². The van der Waals surface area contributed by atoms with E-state index in [1.807, 2.05) is 49.4 Å². The number of amidine groups is 1. The number of amides is 2. The lowest BCUT2D eigenvalue weighted by Gasteiger charge is -2.17. The van der Waals surface area contributed by atoms with Gasteiger partial charge in [-0.2, -0.15) is 0 Å². The van der Waals surface area contributed by atoms with Gasteiger partial charge in [0.2, 0.25) is 0 Å². The summed E-state index contributed by atoms with van der Waals surface area (Å²) in [7, 11) is 0. The molecule has 2 aromatic carbocycles. The van der Waals surface area contributed by atoms with E-state index < -0.39 is 5.91 Å². The minimum atomic E-state index is -0.528. The van der Waals surface area contributed by atoms with E-state index in [1.165, 1.54) is 11.8 Å². The fourth-order valence-corrected chi connectivity index (χ4v) is 3.82. The van der Waals surface area contributed by atoms with E-state index in [0.717, 1.165) is 16.8 Å². The topological polar surface area (TPSA) is 85.0 Å². The normalized spacial score (nSPS) is 16.7. The second kappa shape index (κ2) is 9.63. The number of nitrogens with two attached hydrogens (primary N) is 1. The summed E-state index contributed by atoms with van der Waals surface area (Å²) in [4.78, 5) is 30.9. The summed E-state index contributed by atoms with van der Waals surface area (Å²) in [6, 6.07) is 15.1. The molecule has 0 spiro atoms. The van der Waals surface area contributed by atoms with Crippen molar-refractivity contribution in [1.82, 2.24) is 4.90 Å². The lowest BCUT2D eigenvalue weighted by molar-refractivity contribution is -0.122. The first-order chi connectivity index (χ1) is 14.3. The van der Waals surface area contributed by atoms with Crippen molar-refractivity contribution in [3.05, 3.63) is 64.6 Å². The summed E-state index contributed by atoms with van der Waals surface area (Å²) >= 11 is 1.38. The predicted molar refractivity (Wildman–Crippen MR) is 122 cm³/mol. The van der Waals surface area contributed by atoms with Crippen molar-refractivity contribution in [3.8, 4) is 5.75 Å². The first kappa shape index (κ1) is 21.6. The van der Waals surface area contributed by atoms with Crippen LogP contribution in [-0.4, -0.2) is 35.0 Å². The number of benzene rings is 2. The maximum atomic E-state index is 13.0. The second-order valence-electron chi connectivity index (χ2n) is 7.47. The number of aliphatic imine (C=N–C) groups is 1. The van der Waals surface area contributed by atoms with Crippen LogP contribution in [0.25, 0.3) is 6.08 Å². The van der Waals surface area contributed by atoms with Crippen LogP contribution in [0.2, 0.25) is 0 Å². The van der Waals surface area contributed by atoms with Crippen LogP contribution >= 0.6 is 11.8 Å². The number of carbonyl (C=O) groups excluding carboxylic acids is 2. The Kier molecular flexibility index (Phi) is 6.95. The highest BCUT2D eigenvalue weighted by molar-refractivity contribution is 8.18. The highest BCUT2D eigenvalue weighted by Gasteiger charge is 2.33. The van der Waals surface area contributed by atoms with E-state index in [2.05, 4.69) is 13.8 Å². The van der Waals surface area contributed by atoms with Crippen LogP contribution in [0.5, 0.6) is 5.75 Å². The summed E-state index contributed by atoms with van der Waals surface area (Å²) in [5.74, 6) is 0.289. The Morgan fingerprint density at radius 3 is 2.43 bits per heavy atom. The Morgan fingerprint density at radius 1 is 1.17 bits per heavy atom. The van der Waals surface area contributed by atoms with Gasteiger partial charge in [0.15, 0.2) is 11.8 Å². The molecule has 0 atom stereocenters. The number of carbonyl (C=O) groups is 2. The van der Waals surface area contributed by atoms with Gasteiger partial charge in [0.25, 0.3) is 11.8 Å². The minimum absolute atomic E-state index is 0.0476. The highest BCUT2D eigenvalue weighted by Crippen LogP contribution is 2.34. The van der Waals surface area contributed by atoms with Gasteiger partial charge < -0.3 is 10.5 Å². The molecule has 7 heteroatoms. The van der Waals surface area contributed by atoms with Crippen LogP contribution in [0.1, 0.15) is 25.0 Å². The number of thioether (sulfide) groups is 1. The summed E-state index contributed by atoms with van der Waals surface area (Å²) in [5.41, 5.74) is 7.93. The van der Waals surface area contributed by atoms with Gasteiger partial charge in [-0.05, 0) is 60.5 Å². The van der Waals surface area contributed by atoms with E-state index in [4.69, 9.17) is 15.5 Å². The first-order valence-corrected chi connectivity index (χ1v) is 10.5. The van der Waals surface area contributed by atoms with Crippen LogP contribution in [0.4, 0.5) is 5.69 Å². The average molecular weight is 424 g/mol. The van der Waals surface area contributed by atoms with E-state index in [1.54, 1.807) is 17.0 Å². The SMILES string of the molecule is Cc1ccc(N=C2S/C(=C/c3ccc(OCC(N)=O)cc3)C(=O)N2CC(C)C)cc1. The van der Waals surface area contributed by atoms with Crippen LogP contribution in [-0.2, 0) is 9.59 Å². The molecule has 2 amide bonds. The molecule has 0 radical (unpaired) electrons. The molecule has 1 fully saturated rings. The number of aryl methyl sites for hydroxylation is 1. The summed E-state index contributed by atoms with van der Waals surface area (Å²) in [6.45, 7) is 6.62. The van der Waals surface area contributed by atoms with Gasteiger partial charge in [-0.25, -0.2) is 4.99 Å². The molecule has 0 bridgehead atoms. The predicted octanol–water partition coefficient (Wildman–Crippen LogP) is 4.12. The van der Waals surface area contributed by atoms with Gasteiger partial charge in [0.1, 0.15) is 5.75 Å². The van der Waals surface area contributed by atoms with Crippen molar-refractivity contribution >= 4 is 40.5 Å². The van der Waals surface area contributed by atoms with E-state index in [0.29, 0.717) is 28.3 Å². The Hall–Kier alpha value is -3.06. The number of primary amides is 1. The van der Waals surface area contributed by atoms with Crippen molar-refractivity contribution in [3.63, 3.8) is 0 Å². The molecular formula is C23H25N3O3S. The zero-order valence-electron chi connectivity index (χ0n) is 17.3. The molecule has 0 saturated carbocycles. The summed E-state index contributed by atoms with van der Waals surface area (Å²) < 4.78 is 5.27. The van der Waals surface area contributed by atoms with E-state index in [-0.39, 0.29) is 12.5 Å². The molecule has 2 aromatic rings. The maximum Gasteiger partial charge on any atom is 0.266 e. The molecule has 156 valence electrons. The highest BCUT2D eigenvalue weighted by atomic mass is 32.2. The molecule has 1 heterocycles. The third-order valence-electron chi connectivity index (χ3n) is 4.25. The van der Waals surface area contributed by atoms with Gasteiger partial charge in [-0.15, -0.1) is 0 Å². The zero-order valence-corrected chi connectivity index (χ0v) is 18.1. The Labute approximate surface area is 180 Å². The molecule has 0 aliphatic carbocycles. The Balaban J connectivity index is 1.83. The Morgan fingerprint density at radius 2 is 1.83 bits per heavy atom. The molecule has 2 N–H and O–H groups in total. The van der Waals surface area contributed by atoms with Gasteiger partial charge >= 0.3 is 0 Å². The smallest absolute Gasteiger partial charge is 0.266 e. The van der Waals surface area contributed by atoms with Crippen molar-refractivity contribution in [2.75, 3.05) is 13.2 Å². The fourth-order valence-electron chi connectivity index (χ4n) is 2.81. The van der Waals surface area contributed by atoms with Crippen LogP contribution in [0, 0.1) is 12.8 Å². The lowest BCUT2D eigenvalue weighted by atomic mass is 10.2. The number of nitrogens with zero attached hydrogens (tertiary/aromatic N) is 2. The number of ether oxygens (including phenoxy) is 1. The fraction of sp³-hybridized carbons (Fsp3) is 0.261. The maximum absolute atomic E-state index is 13.0. The molecule has 1 saturated heterocycles. The lowest BCUT2D eigenvalue weighted by Crippen LogP contribution is -2.32. The Bertz CT molecular complexity index is 980. The van der Waals surface area contributed by atoms with Gasteiger partial charge in [-0.1, -0.05) is 43.7 Å². The molecule has 0 unspecified atom stereocenters. The van der Waals surface area contributed by atoms with Gasteiger partial charge in [0, 0.05) is 6.54 Å². The van der Waals surface area contributed by atoms with Crippen LogP contribution in [0.3, 0.4) is 0 Å². The summed E-state index contributed by atoms with van der Waals surface area (Å²) in [5, 5.41) is 0.685. The largest absolute Gasteiger partial charge is 0.484 e. The molecular weight excluding hydrogens is 398 g/mol. The molecule has 6 nitrogen and oxygen atoms in total. The first-order valence-electron chi connectivity index (χ1n) is 9.70. The molecule has 30 heavy (non-hydrogen) atoms. The molecule has 3 rings (SSSR count). The molecule has 1 aliphatic heterocycles. The van der Waals surface area contributed by atoms with Crippen LogP contribution in [0.15, 0.2) is 58.4 Å². The second-order valence-corrected chi connectivity index (χ2v) is 8.48. The van der Waals surface area contributed by atoms with Gasteiger partial charge in [-0.3, -0.25) is 14.5 Å². The van der Waals surface area contributed by atoms with Crippen molar-refractivity contribution in [2.24, 2.45) is 16.6 Å². The van der Waals surface area contributed by atoms with Crippen molar-refractivity contribution in [1.29, 1.82) is 0 Å². The number of rotatable bonds is 7. The number of hydrogen-bond donors (Lipinski definition) is 1. The molecule has 1 aliphatic rings. The zero-order chi connectivity index (χ0) is 21.7. The minimum Gasteiger partial charge on any atom is -0.484 e. The van der Waals surface area contributed by atoms with E-state index in [9.17, 15) is 9.59 Å². The van der Waals surface area contributed by atoms with Gasteiger partial charge in [0.05, 0.1) is 10.6 Å². The van der Waals surface area contributed by atoms with Crippen molar-refractivity contribution < 1.29 is 14.3 Å². The van der Waals surface area contributed by atoms with Crippen molar-refractivity contribution in [2.45, 2.75) is 20.8 Å².